The first kappa shape index (κ1) is 14.1. The molecule has 112 valence electrons. The molecule has 0 aromatic heterocycles. The van der Waals surface area contributed by atoms with Crippen molar-refractivity contribution in [2.75, 3.05) is 7.11 Å². The summed E-state index contributed by atoms with van der Waals surface area (Å²) < 4.78 is 5.15. The number of phenols is 1. The highest BCUT2D eigenvalue weighted by atomic mass is 16.5. The fourth-order valence-electron chi connectivity index (χ4n) is 2.60. The third-order valence-electron chi connectivity index (χ3n) is 3.77. The average molecular weight is 296 g/mol. The zero-order chi connectivity index (χ0) is 15.5. The third kappa shape index (κ3) is 2.53. The fraction of sp³-hybridized carbons (Fsp3) is 0.176. The van der Waals surface area contributed by atoms with Gasteiger partial charge in [-0.2, -0.15) is 5.10 Å². The van der Waals surface area contributed by atoms with Crippen LogP contribution in [0.3, 0.4) is 0 Å². The predicted octanol–water partition coefficient (Wildman–Crippen LogP) is 2.71. The second-order valence-corrected chi connectivity index (χ2v) is 5.04. The third-order valence-corrected chi connectivity index (χ3v) is 3.77. The highest BCUT2D eigenvalue weighted by Crippen LogP contribution is 2.34. The Balaban J connectivity index is 1.89. The number of hydrogen-bond donors (Lipinski definition) is 1. The number of carbonyl (C=O) groups excluding carboxylic acids is 1. The van der Waals surface area contributed by atoms with Gasteiger partial charge in [0.05, 0.1) is 18.9 Å². The summed E-state index contributed by atoms with van der Waals surface area (Å²) >= 11 is 0. The molecule has 0 saturated carbocycles. The number of aromatic hydroxyl groups is 1. The molecule has 0 unspecified atom stereocenters. The summed E-state index contributed by atoms with van der Waals surface area (Å²) in [6.45, 7) is 0. The van der Waals surface area contributed by atoms with Gasteiger partial charge in [0.2, 0.25) is 6.41 Å². The van der Waals surface area contributed by atoms with E-state index in [-0.39, 0.29) is 11.8 Å². The van der Waals surface area contributed by atoms with Crippen molar-refractivity contribution in [2.45, 2.75) is 12.5 Å². The molecule has 2 aromatic rings. The lowest BCUT2D eigenvalue weighted by molar-refractivity contribution is -0.119. The molecule has 5 heteroatoms. The van der Waals surface area contributed by atoms with Gasteiger partial charge in [-0.15, -0.1) is 0 Å². The maximum atomic E-state index is 11.3. The topological polar surface area (TPSA) is 62.1 Å². The van der Waals surface area contributed by atoms with Gasteiger partial charge >= 0.3 is 0 Å². The Morgan fingerprint density at radius 3 is 2.59 bits per heavy atom. The number of ether oxygens (including phenoxy) is 1. The molecule has 22 heavy (non-hydrogen) atoms. The number of phenolic OH excluding ortho intramolecular Hbond substituents is 1. The van der Waals surface area contributed by atoms with E-state index < -0.39 is 0 Å². The Hall–Kier alpha value is -2.82. The van der Waals surface area contributed by atoms with Crippen LogP contribution < -0.4 is 4.74 Å². The van der Waals surface area contributed by atoms with E-state index in [9.17, 15) is 9.90 Å². The number of nitrogens with zero attached hydrogens (tertiary/aromatic N) is 2. The van der Waals surface area contributed by atoms with Gasteiger partial charge in [0.15, 0.2) is 0 Å². The van der Waals surface area contributed by atoms with Gasteiger partial charge in [-0.05, 0) is 29.8 Å². The molecule has 2 aromatic carbocycles. The number of hydrogen-bond acceptors (Lipinski definition) is 4. The lowest BCUT2D eigenvalue weighted by Crippen LogP contribution is -2.17. The molecule has 0 spiro atoms. The molecular weight excluding hydrogens is 280 g/mol. The van der Waals surface area contributed by atoms with Crippen LogP contribution in [-0.4, -0.2) is 29.3 Å². The van der Waals surface area contributed by atoms with Crippen molar-refractivity contribution in [3.8, 4) is 11.5 Å². The maximum Gasteiger partial charge on any atom is 0.230 e. The number of rotatable bonds is 4. The van der Waals surface area contributed by atoms with Crippen LogP contribution in [0.1, 0.15) is 23.6 Å². The Morgan fingerprint density at radius 2 is 1.95 bits per heavy atom. The second-order valence-electron chi connectivity index (χ2n) is 5.04. The minimum atomic E-state index is -0.169. The van der Waals surface area contributed by atoms with Crippen molar-refractivity contribution in [3.05, 3.63) is 59.7 Å². The maximum absolute atomic E-state index is 11.3. The normalized spacial score (nSPS) is 17.2. The lowest BCUT2D eigenvalue weighted by atomic mass is 9.98. The summed E-state index contributed by atoms with van der Waals surface area (Å²) in [6.07, 6.45) is 1.27. The molecule has 0 radical (unpaired) electrons. The van der Waals surface area contributed by atoms with Crippen molar-refractivity contribution in [1.82, 2.24) is 5.01 Å². The number of hydrazone groups is 1. The quantitative estimate of drug-likeness (QED) is 0.882. The minimum absolute atomic E-state index is 0.169. The second kappa shape index (κ2) is 5.89. The first-order valence-corrected chi connectivity index (χ1v) is 6.96. The van der Waals surface area contributed by atoms with Crippen LogP contribution in [0.4, 0.5) is 0 Å². The smallest absolute Gasteiger partial charge is 0.230 e. The van der Waals surface area contributed by atoms with Crippen LogP contribution in [0.2, 0.25) is 0 Å². The molecule has 1 heterocycles. The molecular formula is C17H16N2O3. The van der Waals surface area contributed by atoms with Gasteiger partial charge in [0, 0.05) is 12.0 Å². The van der Waals surface area contributed by atoms with E-state index in [0.717, 1.165) is 11.3 Å². The fourth-order valence-corrected chi connectivity index (χ4v) is 2.60. The number of benzene rings is 2. The number of amides is 1. The molecule has 0 fully saturated rings. The summed E-state index contributed by atoms with van der Waals surface area (Å²) in [4.78, 5) is 11.3. The van der Waals surface area contributed by atoms with E-state index in [2.05, 4.69) is 5.10 Å². The van der Waals surface area contributed by atoms with Crippen LogP contribution in [0.25, 0.3) is 0 Å². The van der Waals surface area contributed by atoms with Gasteiger partial charge in [-0.25, -0.2) is 5.01 Å². The zero-order valence-corrected chi connectivity index (χ0v) is 12.1. The summed E-state index contributed by atoms with van der Waals surface area (Å²) in [7, 11) is 1.61. The minimum Gasteiger partial charge on any atom is -0.507 e. The van der Waals surface area contributed by atoms with E-state index in [1.165, 1.54) is 5.01 Å². The van der Waals surface area contributed by atoms with Crippen molar-refractivity contribution < 1.29 is 14.6 Å². The molecule has 1 N–H and O–H groups in total. The molecule has 1 atom stereocenters. The van der Waals surface area contributed by atoms with Crippen LogP contribution in [0.15, 0.2) is 53.6 Å². The molecule has 0 aliphatic carbocycles. The van der Waals surface area contributed by atoms with Crippen molar-refractivity contribution in [2.24, 2.45) is 5.10 Å². The monoisotopic (exact) mass is 296 g/mol. The average Bonchev–Trinajstić information content (AvgIpc) is 2.99. The van der Waals surface area contributed by atoms with E-state index in [0.29, 0.717) is 24.1 Å². The number of methoxy groups -OCH3 is 1. The Kier molecular flexibility index (Phi) is 3.78. The molecule has 5 nitrogen and oxygen atoms in total. The summed E-state index contributed by atoms with van der Waals surface area (Å²) in [5.41, 5.74) is 2.33. The molecule has 1 amide bonds. The molecule has 1 aliphatic heterocycles. The molecule has 1 aliphatic rings. The van der Waals surface area contributed by atoms with Crippen LogP contribution in [0.5, 0.6) is 11.5 Å². The Labute approximate surface area is 128 Å². The van der Waals surface area contributed by atoms with Gasteiger partial charge in [-0.1, -0.05) is 24.3 Å². The van der Waals surface area contributed by atoms with Gasteiger partial charge in [-0.3, -0.25) is 4.79 Å². The van der Waals surface area contributed by atoms with E-state index in [1.54, 1.807) is 25.3 Å². The summed E-state index contributed by atoms with van der Waals surface area (Å²) in [6, 6.07) is 14.4. The van der Waals surface area contributed by atoms with Gasteiger partial charge < -0.3 is 9.84 Å². The molecule has 0 bridgehead atoms. The highest BCUT2D eigenvalue weighted by molar-refractivity contribution is 6.04. The van der Waals surface area contributed by atoms with E-state index in [4.69, 9.17) is 4.74 Å². The largest absolute Gasteiger partial charge is 0.507 e. The first-order valence-electron chi connectivity index (χ1n) is 6.96. The summed E-state index contributed by atoms with van der Waals surface area (Å²) in [5, 5.41) is 15.7. The van der Waals surface area contributed by atoms with Crippen molar-refractivity contribution >= 4 is 12.1 Å². The zero-order valence-electron chi connectivity index (χ0n) is 12.1. The highest BCUT2D eigenvalue weighted by Gasteiger charge is 2.29. The van der Waals surface area contributed by atoms with Crippen LogP contribution in [-0.2, 0) is 4.79 Å². The Bertz CT molecular complexity index is 710. The molecule has 0 saturated heterocycles. The number of carbonyl (C=O) groups is 1. The summed E-state index contributed by atoms with van der Waals surface area (Å²) in [5.74, 6) is 0.934. The van der Waals surface area contributed by atoms with Gasteiger partial charge in [0.1, 0.15) is 11.5 Å². The lowest BCUT2D eigenvalue weighted by Gasteiger charge is -2.17. The van der Waals surface area contributed by atoms with Crippen molar-refractivity contribution in [3.63, 3.8) is 0 Å². The van der Waals surface area contributed by atoms with Crippen molar-refractivity contribution in [1.29, 1.82) is 0 Å². The van der Waals surface area contributed by atoms with E-state index in [1.807, 2.05) is 30.3 Å². The predicted molar refractivity (Wildman–Crippen MR) is 82.9 cm³/mol. The van der Waals surface area contributed by atoms with E-state index >= 15 is 0 Å². The Morgan fingerprint density at radius 1 is 1.23 bits per heavy atom. The SMILES string of the molecule is COc1ccc([C@H]2CC(c3ccccc3O)=NN2C=O)cc1. The standard InChI is InChI=1S/C17H16N2O3/c1-22-13-8-6-12(7-9-13)16-10-15(18-19(16)11-20)14-4-2-3-5-17(14)21/h2-9,11,16,21H,10H2,1H3/t16-/m1/s1. The van der Waals surface area contributed by atoms with Crippen LogP contribution >= 0.6 is 0 Å². The first-order chi connectivity index (χ1) is 10.7. The molecule has 3 rings (SSSR count). The van der Waals surface area contributed by atoms with Gasteiger partial charge in [0.25, 0.3) is 0 Å². The van der Waals surface area contributed by atoms with Crippen LogP contribution in [0, 0.1) is 0 Å². The number of para-hydroxylation sites is 1.